The van der Waals surface area contributed by atoms with Crippen LogP contribution in [0, 0.1) is 17.8 Å². The summed E-state index contributed by atoms with van der Waals surface area (Å²) < 4.78 is 24.2. The summed E-state index contributed by atoms with van der Waals surface area (Å²) in [4.78, 5) is 0. The van der Waals surface area contributed by atoms with Gasteiger partial charge >= 0.3 is 0 Å². The van der Waals surface area contributed by atoms with Crippen LogP contribution in [0.4, 0.5) is 0 Å². The summed E-state index contributed by atoms with van der Waals surface area (Å²) in [5.74, 6) is 0.551. The molecule has 3 aliphatic rings. The third-order valence-electron chi connectivity index (χ3n) is 7.08. The van der Waals surface area contributed by atoms with Gasteiger partial charge in [-0.1, -0.05) is 44.4 Å². The second-order valence-corrected chi connectivity index (χ2v) is 9.53. The molecule has 2 N–H and O–H groups in total. The first-order valence-corrected chi connectivity index (χ1v) is 13.1. The number of hydrogen-bond acceptors (Lipinski definition) is 6. The Bertz CT molecular complexity index is 612. The van der Waals surface area contributed by atoms with Gasteiger partial charge in [-0.15, -0.1) is 0 Å². The quantitative estimate of drug-likeness (QED) is 0.282. The number of rotatable bonds is 14. The van der Waals surface area contributed by atoms with Gasteiger partial charge < -0.3 is 29.2 Å². The Morgan fingerprint density at radius 2 is 2.06 bits per heavy atom. The average molecular weight is 465 g/mol. The van der Waals surface area contributed by atoms with Crippen LogP contribution in [0.3, 0.4) is 0 Å². The predicted molar refractivity (Wildman–Crippen MR) is 128 cm³/mol. The number of aliphatic hydroxyl groups is 2. The predicted octanol–water partition coefficient (Wildman–Crippen LogP) is 4.86. The maximum Gasteiger partial charge on any atom is 0.219 e. The van der Waals surface area contributed by atoms with Gasteiger partial charge in [0, 0.05) is 25.7 Å². The van der Waals surface area contributed by atoms with Crippen LogP contribution in [-0.4, -0.2) is 54.8 Å². The van der Waals surface area contributed by atoms with Crippen molar-refractivity contribution in [2.24, 2.45) is 17.8 Å². The third-order valence-corrected chi connectivity index (χ3v) is 7.08. The Hall–Kier alpha value is -1.18. The fourth-order valence-electron chi connectivity index (χ4n) is 5.29. The molecule has 1 saturated carbocycles. The van der Waals surface area contributed by atoms with Crippen molar-refractivity contribution in [2.45, 2.75) is 95.9 Å². The molecule has 7 atom stereocenters. The zero-order chi connectivity index (χ0) is 23.3. The van der Waals surface area contributed by atoms with Crippen LogP contribution < -0.4 is 0 Å². The lowest BCUT2D eigenvalue weighted by atomic mass is 9.85. The van der Waals surface area contributed by atoms with E-state index in [0.717, 1.165) is 58.0 Å². The van der Waals surface area contributed by atoms with Gasteiger partial charge in [0.15, 0.2) is 6.29 Å². The minimum absolute atomic E-state index is 0.0146. The molecular formula is C27H44O6. The van der Waals surface area contributed by atoms with Crippen LogP contribution in [0.2, 0.25) is 0 Å². The fraction of sp³-hybridized carbons (Fsp3) is 0.778. The Morgan fingerprint density at radius 1 is 1.15 bits per heavy atom. The smallest absolute Gasteiger partial charge is 0.219 e. The molecule has 0 bridgehead atoms. The van der Waals surface area contributed by atoms with E-state index in [9.17, 15) is 10.2 Å². The molecule has 6 heteroatoms. The normalized spacial score (nSPS) is 32.9. The van der Waals surface area contributed by atoms with Gasteiger partial charge in [-0.3, -0.25) is 0 Å². The number of ether oxygens (including phenoxy) is 4. The number of unbranched alkanes of at least 4 members (excludes halogenated alkanes) is 2. The second kappa shape index (κ2) is 14.9. The maximum atomic E-state index is 10.1. The molecule has 0 spiro atoms. The monoisotopic (exact) mass is 464 g/mol. The van der Waals surface area contributed by atoms with Crippen molar-refractivity contribution in [1.29, 1.82) is 0 Å². The van der Waals surface area contributed by atoms with Gasteiger partial charge in [-0.2, -0.15) is 0 Å². The van der Waals surface area contributed by atoms with Crippen molar-refractivity contribution in [3.05, 3.63) is 36.6 Å². The van der Waals surface area contributed by atoms with E-state index in [2.05, 4.69) is 19.1 Å². The van der Waals surface area contributed by atoms with Gasteiger partial charge in [0.1, 0.15) is 0 Å². The summed E-state index contributed by atoms with van der Waals surface area (Å²) in [6.07, 6.45) is 21.3. The Morgan fingerprint density at radius 3 is 2.76 bits per heavy atom. The largest absolute Gasteiger partial charge is 0.469 e. The highest BCUT2D eigenvalue weighted by atomic mass is 16.7. The lowest BCUT2D eigenvalue weighted by Gasteiger charge is -2.28. The van der Waals surface area contributed by atoms with Gasteiger partial charge in [0.2, 0.25) is 6.29 Å². The van der Waals surface area contributed by atoms with E-state index in [4.69, 9.17) is 18.9 Å². The molecule has 0 radical (unpaired) electrons. The molecule has 0 aromatic carbocycles. The van der Waals surface area contributed by atoms with Crippen LogP contribution in [0.25, 0.3) is 0 Å². The van der Waals surface area contributed by atoms with Crippen LogP contribution in [0.15, 0.2) is 36.6 Å². The molecular weight excluding hydrogens is 420 g/mol. The first-order chi connectivity index (χ1) is 16.2. The lowest BCUT2D eigenvalue weighted by molar-refractivity contribution is -0.179. The average Bonchev–Trinajstić information content (AvgIpc) is 3.18. The van der Waals surface area contributed by atoms with E-state index in [-0.39, 0.29) is 49.5 Å². The van der Waals surface area contributed by atoms with E-state index in [1.807, 2.05) is 18.2 Å². The number of allylic oxidation sites excluding steroid dienone is 2. The molecule has 2 fully saturated rings. The first-order valence-electron chi connectivity index (χ1n) is 13.1. The van der Waals surface area contributed by atoms with Gasteiger partial charge in [-0.25, -0.2) is 0 Å². The van der Waals surface area contributed by atoms with Crippen molar-refractivity contribution in [3.63, 3.8) is 0 Å². The van der Waals surface area contributed by atoms with E-state index in [0.29, 0.717) is 0 Å². The minimum Gasteiger partial charge on any atom is -0.469 e. The van der Waals surface area contributed by atoms with Crippen molar-refractivity contribution in [2.75, 3.05) is 19.8 Å². The summed E-state index contributed by atoms with van der Waals surface area (Å²) in [6.45, 7) is 3.29. The molecule has 0 aromatic heterocycles. The van der Waals surface area contributed by atoms with Crippen LogP contribution in [-0.2, 0) is 18.9 Å². The molecule has 1 saturated heterocycles. The van der Waals surface area contributed by atoms with Crippen LogP contribution in [0.5, 0.6) is 0 Å². The van der Waals surface area contributed by atoms with E-state index >= 15 is 0 Å². The third kappa shape index (κ3) is 8.52. The molecule has 33 heavy (non-hydrogen) atoms. The SMILES string of the molecule is CCCCC[C@@H](C=C[C@H]1[C@@H](CCCO)[C@@H](CO)C[C@H]1O[C@H]1C=CC=CO1)OC1CCCCO1. The zero-order valence-electron chi connectivity index (χ0n) is 20.2. The zero-order valence-corrected chi connectivity index (χ0v) is 20.2. The summed E-state index contributed by atoms with van der Waals surface area (Å²) in [7, 11) is 0. The van der Waals surface area contributed by atoms with Crippen molar-refractivity contribution < 1.29 is 29.2 Å². The molecule has 6 nitrogen and oxygen atoms in total. The molecule has 3 rings (SSSR count). The number of hydrogen-bond donors (Lipinski definition) is 2. The van der Waals surface area contributed by atoms with E-state index in [1.165, 1.54) is 12.8 Å². The lowest BCUT2D eigenvalue weighted by Crippen LogP contribution is -2.29. The highest BCUT2D eigenvalue weighted by molar-refractivity contribution is 5.08. The topological polar surface area (TPSA) is 77.4 Å². The highest BCUT2D eigenvalue weighted by Gasteiger charge is 2.43. The van der Waals surface area contributed by atoms with Gasteiger partial charge in [0.05, 0.1) is 18.5 Å². The summed E-state index contributed by atoms with van der Waals surface area (Å²) in [6, 6.07) is 0. The van der Waals surface area contributed by atoms with Gasteiger partial charge in [-0.05, 0) is 68.9 Å². The van der Waals surface area contributed by atoms with Crippen molar-refractivity contribution in [1.82, 2.24) is 0 Å². The molecule has 1 unspecified atom stereocenters. The molecule has 1 aliphatic carbocycles. The Labute approximate surface area is 199 Å². The Balaban J connectivity index is 1.71. The molecule has 188 valence electrons. The van der Waals surface area contributed by atoms with Gasteiger partial charge in [0.25, 0.3) is 0 Å². The molecule has 2 aliphatic heterocycles. The standard InChI is InChI=1S/C27H44O6/c1-2-3-4-10-22(32-26-12-5-7-17-30-26)14-15-24-23(11-9-16-28)21(20-29)19-25(24)33-27-13-6-8-18-31-27/h6,8,13-15,18,21-29H,2-5,7,9-12,16-17,19-20H2,1H3/t21-,22+,23+,24+,25-,26?,27+/m1/s1. The molecule has 0 amide bonds. The van der Waals surface area contributed by atoms with Crippen LogP contribution in [0.1, 0.15) is 71.1 Å². The summed E-state index contributed by atoms with van der Waals surface area (Å²) in [5.41, 5.74) is 0. The summed E-state index contributed by atoms with van der Waals surface area (Å²) in [5, 5.41) is 19.5. The minimum atomic E-state index is -0.404. The van der Waals surface area contributed by atoms with Crippen molar-refractivity contribution >= 4 is 0 Å². The van der Waals surface area contributed by atoms with E-state index < -0.39 is 6.29 Å². The molecule has 2 heterocycles. The maximum absolute atomic E-state index is 10.1. The molecule has 0 aromatic rings. The first kappa shape index (κ1) is 26.4. The second-order valence-electron chi connectivity index (χ2n) is 9.53. The van der Waals surface area contributed by atoms with Crippen LogP contribution >= 0.6 is 0 Å². The Kier molecular flexibility index (Phi) is 12.0. The number of aliphatic hydroxyl groups excluding tert-OH is 2. The van der Waals surface area contributed by atoms with E-state index in [1.54, 1.807) is 6.26 Å². The van der Waals surface area contributed by atoms with Crippen molar-refractivity contribution in [3.8, 4) is 0 Å². The summed E-state index contributed by atoms with van der Waals surface area (Å²) >= 11 is 0. The highest BCUT2D eigenvalue weighted by Crippen LogP contribution is 2.43. The fourth-order valence-corrected chi connectivity index (χ4v) is 5.29.